The molecule has 1 aromatic heterocycles. The van der Waals surface area contributed by atoms with E-state index in [4.69, 9.17) is 0 Å². The van der Waals surface area contributed by atoms with Gasteiger partial charge in [0.2, 0.25) is 0 Å². The summed E-state index contributed by atoms with van der Waals surface area (Å²) in [5, 5.41) is 20.7. The fourth-order valence-electron chi connectivity index (χ4n) is 3.15. The number of nitrogens with zero attached hydrogens (tertiary/aromatic N) is 1. The number of carboxylic acid groups (broad SMARTS) is 1. The van der Waals surface area contributed by atoms with Gasteiger partial charge in [-0.2, -0.15) is 0 Å². The number of pyridine rings is 1. The van der Waals surface area contributed by atoms with Gasteiger partial charge in [-0.25, -0.2) is 9.78 Å². The Morgan fingerprint density at radius 2 is 1.58 bits per heavy atom. The second-order valence-electron chi connectivity index (χ2n) is 5.94. The molecule has 0 amide bonds. The molecule has 0 unspecified atom stereocenters. The van der Waals surface area contributed by atoms with Crippen molar-refractivity contribution in [3.63, 3.8) is 0 Å². The van der Waals surface area contributed by atoms with Crippen LogP contribution in [-0.4, -0.2) is 21.2 Å². The Bertz CT molecular complexity index is 1120. The van der Waals surface area contributed by atoms with E-state index < -0.39 is 5.97 Å². The number of aromatic nitrogens is 1. The number of rotatable bonds is 3. The summed E-state index contributed by atoms with van der Waals surface area (Å²) in [6.07, 6.45) is 0. The van der Waals surface area contributed by atoms with Crippen LogP contribution >= 0.6 is 0 Å². The summed E-state index contributed by atoms with van der Waals surface area (Å²) in [6.45, 7) is 0. The summed E-state index contributed by atoms with van der Waals surface area (Å²) >= 11 is 0. The Morgan fingerprint density at radius 3 is 2.35 bits per heavy atom. The summed E-state index contributed by atoms with van der Waals surface area (Å²) in [5.74, 6) is -0.966. The number of aromatic carboxylic acids is 1. The Hall–Kier alpha value is -3.66. The quantitative estimate of drug-likeness (QED) is 0.552. The highest BCUT2D eigenvalue weighted by Crippen LogP contribution is 2.38. The molecule has 0 aliphatic heterocycles. The Labute approximate surface area is 150 Å². The summed E-state index contributed by atoms with van der Waals surface area (Å²) in [6, 6.07) is 23.5. The molecule has 0 aliphatic carbocycles. The predicted molar refractivity (Wildman–Crippen MR) is 101 cm³/mol. The van der Waals surface area contributed by atoms with Crippen LogP contribution < -0.4 is 0 Å². The molecule has 26 heavy (non-hydrogen) atoms. The molecule has 4 nitrogen and oxygen atoms in total. The van der Waals surface area contributed by atoms with Gasteiger partial charge >= 0.3 is 5.97 Å². The fraction of sp³-hybridized carbons (Fsp3) is 0. The van der Waals surface area contributed by atoms with Crippen LogP contribution in [0, 0.1) is 0 Å². The molecule has 4 heteroatoms. The average molecular weight is 341 g/mol. The number of hydrogen-bond acceptors (Lipinski definition) is 3. The molecule has 0 radical (unpaired) electrons. The maximum absolute atomic E-state index is 11.7. The van der Waals surface area contributed by atoms with Crippen molar-refractivity contribution in [2.45, 2.75) is 0 Å². The van der Waals surface area contributed by atoms with Gasteiger partial charge in [-0.3, -0.25) is 0 Å². The largest absolute Gasteiger partial charge is 0.507 e. The standard InChI is InChI=1S/C22H15NO3/c24-20-12-6-10-15(14-7-2-1-3-8-14)21(20)19-13-17(22(25)26)16-9-4-5-11-18(16)23-19/h1-13,24H,(H,25,26). The number of carboxylic acids is 1. The summed E-state index contributed by atoms with van der Waals surface area (Å²) in [7, 11) is 0. The number of hydrogen-bond donors (Lipinski definition) is 2. The lowest BCUT2D eigenvalue weighted by Crippen LogP contribution is -2.00. The highest BCUT2D eigenvalue weighted by molar-refractivity contribution is 6.04. The topological polar surface area (TPSA) is 70.4 Å². The number of fused-ring (bicyclic) bond motifs is 1. The third kappa shape index (κ3) is 2.67. The second-order valence-corrected chi connectivity index (χ2v) is 5.94. The molecule has 0 saturated heterocycles. The highest BCUT2D eigenvalue weighted by Gasteiger charge is 2.17. The summed E-state index contributed by atoms with van der Waals surface area (Å²) in [4.78, 5) is 16.4. The number of phenols is 1. The van der Waals surface area contributed by atoms with Crippen molar-refractivity contribution in [1.82, 2.24) is 4.98 Å². The maximum atomic E-state index is 11.7. The van der Waals surface area contributed by atoms with Crippen molar-refractivity contribution in [1.29, 1.82) is 0 Å². The van der Waals surface area contributed by atoms with Gasteiger partial charge in [-0.1, -0.05) is 60.7 Å². The van der Waals surface area contributed by atoms with Gasteiger partial charge in [0.15, 0.2) is 0 Å². The van der Waals surface area contributed by atoms with Crippen molar-refractivity contribution in [2.24, 2.45) is 0 Å². The van der Waals surface area contributed by atoms with E-state index in [1.54, 1.807) is 30.3 Å². The molecular weight excluding hydrogens is 326 g/mol. The number of carbonyl (C=O) groups is 1. The number of aromatic hydroxyl groups is 1. The van der Waals surface area contributed by atoms with E-state index in [0.717, 1.165) is 11.1 Å². The Morgan fingerprint density at radius 1 is 0.846 bits per heavy atom. The lowest BCUT2D eigenvalue weighted by atomic mass is 9.95. The van der Waals surface area contributed by atoms with Crippen molar-refractivity contribution in [3.8, 4) is 28.1 Å². The molecule has 4 rings (SSSR count). The Balaban J connectivity index is 2.04. The first-order chi connectivity index (χ1) is 12.6. The van der Waals surface area contributed by atoms with Crippen LogP contribution in [0.1, 0.15) is 10.4 Å². The molecule has 0 fully saturated rings. The average Bonchev–Trinajstić information content (AvgIpc) is 2.67. The first kappa shape index (κ1) is 15.8. The van der Waals surface area contributed by atoms with Crippen LogP contribution in [0.4, 0.5) is 0 Å². The predicted octanol–water partition coefficient (Wildman–Crippen LogP) is 4.97. The molecule has 4 aromatic rings. The van der Waals surface area contributed by atoms with Crippen LogP contribution in [0.15, 0.2) is 78.9 Å². The van der Waals surface area contributed by atoms with Gasteiger partial charge in [0.1, 0.15) is 5.75 Å². The molecular formula is C22H15NO3. The zero-order chi connectivity index (χ0) is 18.1. The third-order valence-corrected chi connectivity index (χ3v) is 4.33. The van der Waals surface area contributed by atoms with Gasteiger partial charge in [-0.05, 0) is 29.3 Å². The monoisotopic (exact) mass is 341 g/mol. The van der Waals surface area contributed by atoms with Crippen LogP contribution in [0.2, 0.25) is 0 Å². The molecule has 126 valence electrons. The van der Waals surface area contributed by atoms with Crippen molar-refractivity contribution in [2.75, 3.05) is 0 Å². The molecule has 1 heterocycles. The minimum Gasteiger partial charge on any atom is -0.507 e. The normalized spacial score (nSPS) is 10.8. The first-order valence-electron chi connectivity index (χ1n) is 8.16. The van der Waals surface area contributed by atoms with Crippen LogP contribution in [-0.2, 0) is 0 Å². The lowest BCUT2D eigenvalue weighted by Gasteiger charge is -2.13. The van der Waals surface area contributed by atoms with Crippen LogP contribution in [0.3, 0.4) is 0 Å². The van der Waals surface area contributed by atoms with Gasteiger partial charge < -0.3 is 10.2 Å². The summed E-state index contributed by atoms with van der Waals surface area (Å²) in [5.41, 5.74) is 3.40. The molecule has 0 spiro atoms. The van der Waals surface area contributed by atoms with Gasteiger partial charge in [0.05, 0.1) is 16.8 Å². The molecule has 0 bridgehead atoms. The van der Waals surface area contributed by atoms with Gasteiger partial charge in [0, 0.05) is 10.9 Å². The molecule has 3 aromatic carbocycles. The van der Waals surface area contributed by atoms with Gasteiger partial charge in [0.25, 0.3) is 0 Å². The van der Waals surface area contributed by atoms with E-state index in [-0.39, 0.29) is 11.3 Å². The van der Waals surface area contributed by atoms with Crippen molar-refractivity contribution in [3.05, 3.63) is 84.4 Å². The minimum atomic E-state index is -1.03. The molecule has 0 saturated carbocycles. The van der Waals surface area contributed by atoms with Gasteiger partial charge in [-0.15, -0.1) is 0 Å². The Kier molecular flexibility index (Phi) is 3.86. The zero-order valence-electron chi connectivity index (χ0n) is 13.8. The lowest BCUT2D eigenvalue weighted by molar-refractivity contribution is 0.0699. The molecule has 2 N–H and O–H groups in total. The fourth-order valence-corrected chi connectivity index (χ4v) is 3.15. The first-order valence-corrected chi connectivity index (χ1v) is 8.16. The van der Waals surface area contributed by atoms with E-state index in [1.807, 2.05) is 42.5 Å². The van der Waals surface area contributed by atoms with Crippen LogP contribution in [0.5, 0.6) is 5.75 Å². The van der Waals surface area contributed by atoms with E-state index in [1.165, 1.54) is 6.07 Å². The highest BCUT2D eigenvalue weighted by atomic mass is 16.4. The van der Waals surface area contributed by atoms with E-state index in [9.17, 15) is 15.0 Å². The second kappa shape index (κ2) is 6.33. The zero-order valence-corrected chi connectivity index (χ0v) is 13.8. The molecule has 0 aliphatic rings. The van der Waals surface area contributed by atoms with E-state index >= 15 is 0 Å². The number of phenolic OH excluding ortho intramolecular Hbond substituents is 1. The van der Waals surface area contributed by atoms with Crippen LogP contribution in [0.25, 0.3) is 33.3 Å². The number of para-hydroxylation sites is 1. The summed E-state index contributed by atoms with van der Waals surface area (Å²) < 4.78 is 0. The number of benzene rings is 3. The van der Waals surface area contributed by atoms with Crippen molar-refractivity contribution >= 4 is 16.9 Å². The van der Waals surface area contributed by atoms with Crippen molar-refractivity contribution < 1.29 is 15.0 Å². The van der Waals surface area contributed by atoms with E-state index in [2.05, 4.69) is 4.98 Å². The third-order valence-electron chi connectivity index (χ3n) is 4.33. The SMILES string of the molecule is O=C(O)c1cc(-c2c(O)cccc2-c2ccccc2)nc2ccccc12. The maximum Gasteiger partial charge on any atom is 0.336 e. The smallest absolute Gasteiger partial charge is 0.336 e. The van der Waals surface area contributed by atoms with E-state index in [0.29, 0.717) is 22.2 Å². The minimum absolute atomic E-state index is 0.0606. The molecule has 0 atom stereocenters.